The molecule has 0 bridgehead atoms. The fourth-order valence-electron chi connectivity index (χ4n) is 1.82. The van der Waals surface area contributed by atoms with Gasteiger partial charge in [-0.15, -0.1) is 11.8 Å². The third kappa shape index (κ3) is 3.49. The van der Waals surface area contributed by atoms with Crippen LogP contribution in [0.5, 0.6) is 0 Å². The van der Waals surface area contributed by atoms with E-state index in [9.17, 15) is 4.39 Å². The number of aromatic nitrogens is 4. The van der Waals surface area contributed by atoms with Gasteiger partial charge in [0.25, 0.3) is 0 Å². The quantitative estimate of drug-likeness (QED) is 0.725. The van der Waals surface area contributed by atoms with Crippen LogP contribution in [-0.2, 0) is 11.5 Å². The van der Waals surface area contributed by atoms with Crippen molar-refractivity contribution in [3.8, 4) is 5.69 Å². The minimum absolute atomic E-state index is 0.253. The lowest BCUT2D eigenvalue weighted by Gasteiger charge is -2.00. The van der Waals surface area contributed by atoms with Crippen LogP contribution in [0.3, 0.4) is 0 Å². The van der Waals surface area contributed by atoms with Crippen molar-refractivity contribution >= 4 is 11.8 Å². The summed E-state index contributed by atoms with van der Waals surface area (Å²) in [5.74, 6) is 2.45. The number of benzene rings is 1. The summed E-state index contributed by atoms with van der Waals surface area (Å²) in [5, 5.41) is 8.30. The molecule has 0 atom stereocenters. The van der Waals surface area contributed by atoms with Crippen molar-refractivity contribution in [2.75, 3.05) is 0 Å². The molecular weight excluding hydrogens is 291 g/mol. The molecular formula is C14H13FN4OS. The van der Waals surface area contributed by atoms with Crippen LogP contribution >= 0.6 is 11.8 Å². The van der Waals surface area contributed by atoms with E-state index in [1.165, 1.54) is 12.1 Å². The lowest BCUT2D eigenvalue weighted by Crippen LogP contribution is -1.96. The lowest BCUT2D eigenvalue weighted by molar-refractivity contribution is 0.389. The van der Waals surface area contributed by atoms with Crippen molar-refractivity contribution in [3.05, 3.63) is 59.8 Å². The number of nitrogens with zero attached hydrogens (tertiary/aromatic N) is 4. The first-order chi connectivity index (χ1) is 10.2. The molecule has 21 heavy (non-hydrogen) atoms. The molecule has 2 aromatic heterocycles. The molecule has 0 amide bonds. The minimum atomic E-state index is -0.253. The molecule has 5 nitrogen and oxygen atoms in total. The highest BCUT2D eigenvalue weighted by Crippen LogP contribution is 2.16. The van der Waals surface area contributed by atoms with E-state index in [1.54, 1.807) is 35.5 Å². The smallest absolute Gasteiger partial charge is 0.223 e. The number of hydrogen-bond acceptors (Lipinski definition) is 5. The zero-order chi connectivity index (χ0) is 14.7. The van der Waals surface area contributed by atoms with Crippen molar-refractivity contribution < 1.29 is 8.91 Å². The van der Waals surface area contributed by atoms with Crippen LogP contribution < -0.4 is 0 Å². The Morgan fingerprint density at radius 1 is 1.19 bits per heavy atom. The molecule has 3 rings (SSSR count). The van der Waals surface area contributed by atoms with E-state index in [2.05, 4.69) is 15.2 Å². The highest BCUT2D eigenvalue weighted by atomic mass is 32.2. The highest BCUT2D eigenvalue weighted by molar-refractivity contribution is 7.97. The topological polar surface area (TPSA) is 56.7 Å². The number of aryl methyl sites for hydroxylation is 1. The third-order valence-electron chi connectivity index (χ3n) is 2.79. The largest absolute Gasteiger partial charge is 0.340 e. The Balaban J connectivity index is 1.59. The van der Waals surface area contributed by atoms with Gasteiger partial charge >= 0.3 is 0 Å². The zero-order valence-corrected chi connectivity index (χ0v) is 12.2. The van der Waals surface area contributed by atoms with Gasteiger partial charge in [0.05, 0.1) is 17.1 Å². The zero-order valence-electron chi connectivity index (χ0n) is 11.4. The summed E-state index contributed by atoms with van der Waals surface area (Å²) in [7, 11) is 0. The first-order valence-corrected chi connectivity index (χ1v) is 7.53. The molecule has 0 aliphatic carbocycles. The van der Waals surface area contributed by atoms with Crippen LogP contribution in [0.2, 0.25) is 0 Å². The Kier molecular flexibility index (Phi) is 4.01. The molecule has 3 aromatic rings. The summed E-state index contributed by atoms with van der Waals surface area (Å²) in [6.07, 6.45) is 1.86. The third-order valence-corrected chi connectivity index (χ3v) is 3.75. The Labute approximate surface area is 125 Å². The molecule has 0 aliphatic rings. The van der Waals surface area contributed by atoms with Crippen LogP contribution in [0, 0.1) is 12.7 Å². The molecule has 1 aromatic carbocycles. The maximum absolute atomic E-state index is 12.9. The summed E-state index contributed by atoms with van der Waals surface area (Å²) < 4.78 is 19.5. The molecule has 108 valence electrons. The van der Waals surface area contributed by atoms with E-state index in [0.717, 1.165) is 17.1 Å². The Morgan fingerprint density at radius 3 is 2.71 bits per heavy atom. The highest BCUT2D eigenvalue weighted by Gasteiger charge is 2.05. The van der Waals surface area contributed by atoms with E-state index >= 15 is 0 Å². The van der Waals surface area contributed by atoms with Crippen molar-refractivity contribution in [3.63, 3.8) is 0 Å². The first kappa shape index (κ1) is 13.8. The van der Waals surface area contributed by atoms with Crippen LogP contribution in [0.4, 0.5) is 4.39 Å². The second-order valence-corrected chi connectivity index (χ2v) is 5.44. The SMILES string of the molecule is Cc1nc(CSCc2ccn(-c3ccc(F)cc3)n2)no1. The van der Waals surface area contributed by atoms with Crippen LogP contribution in [0.1, 0.15) is 17.4 Å². The van der Waals surface area contributed by atoms with Gasteiger partial charge in [0, 0.05) is 18.9 Å². The summed E-state index contributed by atoms with van der Waals surface area (Å²) in [4.78, 5) is 4.14. The minimum Gasteiger partial charge on any atom is -0.340 e. The second kappa shape index (κ2) is 6.09. The molecule has 0 unspecified atom stereocenters. The van der Waals surface area contributed by atoms with Gasteiger partial charge in [-0.2, -0.15) is 10.1 Å². The van der Waals surface area contributed by atoms with Crippen LogP contribution in [0.15, 0.2) is 41.1 Å². The molecule has 0 saturated carbocycles. The average Bonchev–Trinajstić information content (AvgIpc) is 3.09. The molecule has 0 fully saturated rings. The summed E-state index contributed by atoms with van der Waals surface area (Å²) in [6.45, 7) is 1.77. The van der Waals surface area contributed by atoms with E-state index in [1.807, 2.05) is 12.3 Å². The summed E-state index contributed by atoms with van der Waals surface area (Å²) >= 11 is 1.66. The maximum Gasteiger partial charge on any atom is 0.223 e. The molecule has 0 aliphatic heterocycles. The van der Waals surface area contributed by atoms with E-state index in [0.29, 0.717) is 17.5 Å². The monoisotopic (exact) mass is 304 g/mol. The van der Waals surface area contributed by atoms with Gasteiger partial charge in [0.2, 0.25) is 5.89 Å². The summed E-state index contributed by atoms with van der Waals surface area (Å²) in [6, 6.07) is 8.18. The average molecular weight is 304 g/mol. The standard InChI is InChI=1S/C14H13FN4OS/c1-10-16-14(18-20-10)9-21-8-12-6-7-19(17-12)13-4-2-11(15)3-5-13/h2-7H,8-9H2,1H3. The Hall–Kier alpha value is -2.15. The Morgan fingerprint density at radius 2 is 2.00 bits per heavy atom. The van der Waals surface area contributed by atoms with Gasteiger partial charge in [-0.3, -0.25) is 0 Å². The van der Waals surface area contributed by atoms with Crippen molar-refractivity contribution in [1.82, 2.24) is 19.9 Å². The molecule has 2 heterocycles. The van der Waals surface area contributed by atoms with Gasteiger partial charge in [-0.25, -0.2) is 9.07 Å². The summed E-state index contributed by atoms with van der Waals surface area (Å²) in [5.41, 5.74) is 1.78. The van der Waals surface area contributed by atoms with Gasteiger partial charge in [0.15, 0.2) is 5.82 Å². The molecule has 7 heteroatoms. The van der Waals surface area contributed by atoms with E-state index in [4.69, 9.17) is 4.52 Å². The first-order valence-electron chi connectivity index (χ1n) is 6.38. The van der Waals surface area contributed by atoms with E-state index < -0.39 is 0 Å². The predicted octanol–water partition coefficient (Wildman–Crippen LogP) is 3.14. The van der Waals surface area contributed by atoms with Gasteiger partial charge in [0.1, 0.15) is 5.82 Å². The van der Waals surface area contributed by atoms with Crippen LogP contribution in [0.25, 0.3) is 5.69 Å². The Bertz CT molecular complexity index is 723. The van der Waals surface area contributed by atoms with Crippen molar-refractivity contribution in [1.29, 1.82) is 0 Å². The number of hydrogen-bond donors (Lipinski definition) is 0. The fourth-order valence-corrected chi connectivity index (χ4v) is 2.59. The van der Waals surface area contributed by atoms with Gasteiger partial charge < -0.3 is 4.52 Å². The predicted molar refractivity (Wildman–Crippen MR) is 77.6 cm³/mol. The van der Waals surface area contributed by atoms with Crippen LogP contribution in [-0.4, -0.2) is 19.9 Å². The molecule has 0 N–H and O–H groups in total. The normalized spacial score (nSPS) is 11.0. The molecule has 0 spiro atoms. The number of rotatable bonds is 5. The lowest BCUT2D eigenvalue weighted by atomic mass is 10.3. The van der Waals surface area contributed by atoms with Crippen molar-refractivity contribution in [2.45, 2.75) is 18.4 Å². The van der Waals surface area contributed by atoms with Gasteiger partial charge in [-0.1, -0.05) is 5.16 Å². The second-order valence-electron chi connectivity index (χ2n) is 4.45. The number of thioether (sulfide) groups is 1. The number of halogens is 1. The molecule has 0 radical (unpaired) electrons. The van der Waals surface area contributed by atoms with Gasteiger partial charge in [-0.05, 0) is 30.3 Å². The maximum atomic E-state index is 12.9. The van der Waals surface area contributed by atoms with Crippen molar-refractivity contribution in [2.24, 2.45) is 0 Å². The fraction of sp³-hybridized carbons (Fsp3) is 0.214. The van der Waals surface area contributed by atoms with E-state index in [-0.39, 0.29) is 5.82 Å². The molecule has 0 saturated heterocycles.